The van der Waals surface area contributed by atoms with Crippen molar-refractivity contribution in [1.82, 2.24) is 20.2 Å². The molecule has 0 fully saturated rings. The second-order valence-corrected chi connectivity index (χ2v) is 8.00. The summed E-state index contributed by atoms with van der Waals surface area (Å²) in [4.78, 5) is 5.75. The first-order valence-electron chi connectivity index (χ1n) is 10.9. The highest BCUT2D eigenvalue weighted by Crippen LogP contribution is 2.21. The standard InChI is InChI=1S/C25H26N6O2S/c1-26-24-14-11-19(15-20(24)6-3-2-5-18-9-12-23(32)13-10-18)17-33-28-21-7-4-8-22(16-21)31-25(34)27-29-30-31/h2,4-5,7-16,26,28,32H,3,6,17H2,1H3,(H,27,30,34)/b5-2+. The van der Waals surface area contributed by atoms with Crippen LogP contribution in [-0.2, 0) is 17.9 Å². The van der Waals surface area contributed by atoms with Crippen molar-refractivity contribution in [2.75, 3.05) is 17.8 Å². The molecule has 0 atom stereocenters. The van der Waals surface area contributed by atoms with Gasteiger partial charge in [-0.05, 0) is 78.1 Å². The minimum absolute atomic E-state index is 0.275. The zero-order valence-electron chi connectivity index (χ0n) is 18.7. The number of hydrogen-bond donors (Lipinski definition) is 4. The van der Waals surface area contributed by atoms with E-state index in [1.54, 1.807) is 16.8 Å². The Hall–Kier alpha value is -3.95. The normalized spacial score (nSPS) is 11.1. The molecule has 0 unspecified atom stereocenters. The van der Waals surface area contributed by atoms with Crippen molar-refractivity contribution in [2.45, 2.75) is 19.4 Å². The first kappa shape index (κ1) is 23.2. The number of nitrogens with zero attached hydrogens (tertiary/aromatic N) is 3. The number of aromatic amines is 1. The van der Waals surface area contributed by atoms with Crippen LogP contribution >= 0.6 is 12.2 Å². The molecule has 0 spiro atoms. The Kier molecular flexibility index (Phi) is 7.69. The summed E-state index contributed by atoms with van der Waals surface area (Å²) in [6.45, 7) is 0.412. The van der Waals surface area contributed by atoms with Gasteiger partial charge in [0.15, 0.2) is 0 Å². The van der Waals surface area contributed by atoms with E-state index in [-0.39, 0.29) is 5.75 Å². The Bertz CT molecular complexity index is 1310. The third kappa shape index (κ3) is 6.09. The van der Waals surface area contributed by atoms with Crippen LogP contribution in [0, 0.1) is 4.77 Å². The molecule has 0 amide bonds. The zero-order chi connectivity index (χ0) is 23.8. The summed E-state index contributed by atoms with van der Waals surface area (Å²) in [5.74, 6) is 0.275. The van der Waals surface area contributed by atoms with Crippen molar-refractivity contribution in [3.63, 3.8) is 0 Å². The lowest BCUT2D eigenvalue weighted by Crippen LogP contribution is -2.04. The predicted molar refractivity (Wildman–Crippen MR) is 136 cm³/mol. The number of tetrazole rings is 1. The fourth-order valence-electron chi connectivity index (χ4n) is 3.51. The minimum Gasteiger partial charge on any atom is -0.508 e. The topological polar surface area (TPSA) is 100 Å². The lowest BCUT2D eigenvalue weighted by atomic mass is 10.0. The first-order chi connectivity index (χ1) is 16.6. The van der Waals surface area contributed by atoms with Crippen LogP contribution in [0.5, 0.6) is 5.75 Å². The Morgan fingerprint density at radius 1 is 1.12 bits per heavy atom. The highest BCUT2D eigenvalue weighted by Gasteiger charge is 2.05. The van der Waals surface area contributed by atoms with Gasteiger partial charge in [-0.1, -0.05) is 52.8 Å². The highest BCUT2D eigenvalue weighted by atomic mass is 32.1. The first-order valence-corrected chi connectivity index (χ1v) is 11.3. The van der Waals surface area contributed by atoms with E-state index in [9.17, 15) is 5.11 Å². The molecule has 34 heavy (non-hydrogen) atoms. The summed E-state index contributed by atoms with van der Waals surface area (Å²) in [6.07, 6.45) is 6.00. The number of benzene rings is 3. The molecule has 4 rings (SSSR count). The number of phenols is 1. The molecule has 0 saturated carbocycles. The SMILES string of the molecule is CNc1ccc(CONc2cccc(-n3[nH]nnc3=S)c2)cc1CC/C=C/c1ccc(O)cc1. The van der Waals surface area contributed by atoms with Gasteiger partial charge in [0, 0.05) is 12.7 Å². The summed E-state index contributed by atoms with van der Waals surface area (Å²) >= 11 is 5.15. The molecule has 0 aliphatic rings. The Morgan fingerprint density at radius 2 is 1.97 bits per heavy atom. The smallest absolute Gasteiger partial charge is 0.242 e. The van der Waals surface area contributed by atoms with Crippen molar-refractivity contribution in [3.8, 4) is 11.4 Å². The maximum Gasteiger partial charge on any atom is 0.242 e. The molecule has 0 aliphatic heterocycles. The Labute approximate surface area is 202 Å². The van der Waals surface area contributed by atoms with Crippen LogP contribution in [0.2, 0.25) is 0 Å². The molecule has 4 aromatic rings. The molecule has 4 N–H and O–H groups in total. The van der Waals surface area contributed by atoms with Gasteiger partial charge < -0.3 is 10.4 Å². The molecule has 9 heteroatoms. The van der Waals surface area contributed by atoms with Gasteiger partial charge in [0.2, 0.25) is 4.77 Å². The van der Waals surface area contributed by atoms with Crippen LogP contribution in [0.25, 0.3) is 11.8 Å². The number of phenolic OH excluding ortho intramolecular Hbond substituents is 1. The van der Waals surface area contributed by atoms with Gasteiger partial charge in [0.25, 0.3) is 0 Å². The second-order valence-electron chi connectivity index (χ2n) is 7.63. The summed E-state index contributed by atoms with van der Waals surface area (Å²) < 4.78 is 1.97. The third-order valence-corrected chi connectivity index (χ3v) is 5.49. The molecule has 1 heterocycles. The highest BCUT2D eigenvalue weighted by molar-refractivity contribution is 7.71. The molecular formula is C25H26N6O2S. The summed E-state index contributed by atoms with van der Waals surface area (Å²) in [5.41, 5.74) is 9.06. The fourth-order valence-corrected chi connectivity index (χ4v) is 3.70. The Morgan fingerprint density at radius 3 is 2.74 bits per heavy atom. The average molecular weight is 475 g/mol. The van der Waals surface area contributed by atoms with E-state index in [0.717, 1.165) is 41.0 Å². The Balaban J connectivity index is 1.34. The maximum atomic E-state index is 9.39. The van der Waals surface area contributed by atoms with E-state index in [1.165, 1.54) is 5.56 Å². The number of H-pyrrole nitrogens is 1. The van der Waals surface area contributed by atoms with E-state index in [2.05, 4.69) is 56.7 Å². The molecule has 3 aromatic carbocycles. The van der Waals surface area contributed by atoms with E-state index in [1.807, 2.05) is 43.4 Å². The van der Waals surface area contributed by atoms with Crippen molar-refractivity contribution in [3.05, 3.63) is 94.3 Å². The summed E-state index contributed by atoms with van der Waals surface area (Å²) in [5, 5.41) is 22.9. The number of aromatic nitrogens is 4. The zero-order valence-corrected chi connectivity index (χ0v) is 19.5. The van der Waals surface area contributed by atoms with Crippen molar-refractivity contribution < 1.29 is 9.94 Å². The number of aryl methyl sites for hydroxylation is 1. The van der Waals surface area contributed by atoms with Gasteiger partial charge >= 0.3 is 0 Å². The minimum atomic E-state index is 0.275. The van der Waals surface area contributed by atoms with Crippen LogP contribution < -0.4 is 10.8 Å². The van der Waals surface area contributed by atoms with Crippen molar-refractivity contribution in [1.29, 1.82) is 0 Å². The molecule has 0 aliphatic carbocycles. The van der Waals surface area contributed by atoms with Crippen LogP contribution in [0.3, 0.4) is 0 Å². The summed E-state index contributed by atoms with van der Waals surface area (Å²) in [7, 11) is 1.93. The monoisotopic (exact) mass is 474 g/mol. The average Bonchev–Trinajstić information content (AvgIpc) is 3.29. The molecule has 8 nitrogen and oxygen atoms in total. The number of hydrogen-bond acceptors (Lipinski definition) is 7. The molecule has 1 aromatic heterocycles. The van der Waals surface area contributed by atoms with Crippen LogP contribution in [-0.4, -0.2) is 32.4 Å². The van der Waals surface area contributed by atoms with E-state index in [0.29, 0.717) is 11.4 Å². The number of aromatic hydroxyl groups is 1. The molecular weight excluding hydrogens is 448 g/mol. The molecule has 174 valence electrons. The van der Waals surface area contributed by atoms with Crippen molar-refractivity contribution >= 4 is 29.7 Å². The van der Waals surface area contributed by atoms with Crippen molar-refractivity contribution in [2.24, 2.45) is 0 Å². The number of anilines is 2. The number of rotatable bonds is 10. The predicted octanol–water partition coefficient (Wildman–Crippen LogP) is 5.26. The number of nitrogens with one attached hydrogen (secondary N) is 3. The van der Waals surface area contributed by atoms with E-state index in [4.69, 9.17) is 17.1 Å². The van der Waals surface area contributed by atoms with Gasteiger partial charge in [-0.2, -0.15) is 5.21 Å². The largest absolute Gasteiger partial charge is 0.508 e. The lowest BCUT2D eigenvalue weighted by molar-refractivity contribution is 0.180. The van der Waals surface area contributed by atoms with E-state index >= 15 is 0 Å². The van der Waals surface area contributed by atoms with Gasteiger partial charge in [-0.3, -0.25) is 10.3 Å². The second kappa shape index (κ2) is 11.3. The van der Waals surface area contributed by atoms with E-state index < -0.39 is 0 Å². The summed E-state index contributed by atoms with van der Waals surface area (Å²) in [6, 6.07) is 21.1. The molecule has 0 radical (unpaired) electrons. The quantitative estimate of drug-likeness (QED) is 0.184. The maximum absolute atomic E-state index is 9.39. The van der Waals surface area contributed by atoms with Gasteiger partial charge in [0.05, 0.1) is 18.0 Å². The fraction of sp³-hybridized carbons (Fsp3) is 0.160. The van der Waals surface area contributed by atoms with Gasteiger partial charge in [-0.15, -0.1) is 0 Å². The lowest BCUT2D eigenvalue weighted by Gasteiger charge is -2.12. The van der Waals surface area contributed by atoms with Gasteiger partial charge in [-0.25, -0.2) is 4.68 Å². The van der Waals surface area contributed by atoms with Crippen LogP contribution in [0.1, 0.15) is 23.1 Å². The van der Waals surface area contributed by atoms with Crippen LogP contribution in [0.15, 0.2) is 72.8 Å². The van der Waals surface area contributed by atoms with Crippen LogP contribution in [0.4, 0.5) is 11.4 Å². The molecule has 0 saturated heterocycles. The number of allylic oxidation sites excluding steroid dienone is 1. The third-order valence-electron chi connectivity index (χ3n) is 5.23. The molecule has 0 bridgehead atoms. The van der Waals surface area contributed by atoms with Gasteiger partial charge in [0.1, 0.15) is 5.75 Å².